The van der Waals surface area contributed by atoms with Crippen LogP contribution in [0.1, 0.15) is 26.5 Å². The van der Waals surface area contributed by atoms with Crippen LogP contribution in [0, 0.1) is 0 Å². The molecule has 0 spiro atoms. The van der Waals surface area contributed by atoms with Gasteiger partial charge < -0.3 is 19.9 Å². The number of thioether (sulfide) groups is 1. The summed E-state index contributed by atoms with van der Waals surface area (Å²) >= 11 is 1.41. The highest BCUT2D eigenvalue weighted by Crippen LogP contribution is 2.41. The summed E-state index contributed by atoms with van der Waals surface area (Å²) in [4.78, 5) is 26.1. The minimum atomic E-state index is -0.488. The average Bonchev–Trinajstić information content (AvgIpc) is 3.32. The summed E-state index contributed by atoms with van der Waals surface area (Å²) in [6.07, 6.45) is 1.70. The maximum atomic E-state index is 12.5. The van der Waals surface area contributed by atoms with Crippen molar-refractivity contribution in [3.63, 3.8) is 0 Å². The number of benzene rings is 2. The highest BCUT2D eigenvalue weighted by Gasteiger charge is 2.25. The van der Waals surface area contributed by atoms with Gasteiger partial charge >= 0.3 is 0 Å². The molecule has 0 radical (unpaired) electrons. The van der Waals surface area contributed by atoms with Gasteiger partial charge in [-0.2, -0.15) is 0 Å². The molecule has 6 nitrogen and oxygen atoms in total. The molecule has 4 rings (SSSR count). The minimum absolute atomic E-state index is 0.0315. The smallest absolute Gasteiger partial charge is 0.255 e. The molecule has 0 saturated carbocycles. The highest BCUT2D eigenvalue weighted by atomic mass is 32.2. The zero-order chi connectivity index (χ0) is 20.4. The van der Waals surface area contributed by atoms with Gasteiger partial charge in [-0.15, -0.1) is 0 Å². The molecule has 1 aliphatic rings. The van der Waals surface area contributed by atoms with Crippen LogP contribution < -0.4 is 5.32 Å². The quantitative estimate of drug-likeness (QED) is 0.558. The molecule has 0 atom stereocenters. The average molecular weight is 407 g/mol. The molecular weight excluding hydrogens is 390 g/mol. The summed E-state index contributed by atoms with van der Waals surface area (Å²) in [6.45, 7) is -0.0991. The van der Waals surface area contributed by atoms with Crippen LogP contribution >= 0.6 is 11.8 Å². The van der Waals surface area contributed by atoms with Crippen LogP contribution in [0.25, 0.3) is 17.4 Å². The lowest BCUT2D eigenvalue weighted by atomic mass is 10.1. The lowest BCUT2D eigenvalue weighted by molar-refractivity contribution is 0.0941. The molecule has 0 aliphatic carbocycles. The van der Waals surface area contributed by atoms with Crippen LogP contribution in [-0.4, -0.2) is 35.1 Å². The second-order valence-electron chi connectivity index (χ2n) is 6.35. The molecule has 3 aromatic rings. The van der Waals surface area contributed by atoms with Gasteiger partial charge in [0.2, 0.25) is 5.78 Å². The second-order valence-corrected chi connectivity index (χ2v) is 7.43. The van der Waals surface area contributed by atoms with Crippen molar-refractivity contribution in [2.24, 2.45) is 0 Å². The van der Waals surface area contributed by atoms with Gasteiger partial charge in [0.05, 0.1) is 17.1 Å². The number of phenols is 1. The monoisotopic (exact) mass is 407 g/mol. The molecule has 0 saturated heterocycles. The van der Waals surface area contributed by atoms with Crippen molar-refractivity contribution in [3.8, 4) is 17.1 Å². The fraction of sp³-hybridized carbons (Fsp3) is 0.0909. The molecule has 3 N–H and O–H groups in total. The van der Waals surface area contributed by atoms with Crippen LogP contribution in [0.4, 0.5) is 0 Å². The summed E-state index contributed by atoms with van der Waals surface area (Å²) in [7, 11) is 0. The van der Waals surface area contributed by atoms with Crippen LogP contribution in [0.5, 0.6) is 5.75 Å². The summed E-state index contributed by atoms with van der Waals surface area (Å²) in [5.41, 5.74) is 1.38. The number of phenolic OH excluding ortho intramolecular Hbond substituents is 1. The van der Waals surface area contributed by atoms with Gasteiger partial charge in [-0.3, -0.25) is 9.59 Å². The first kappa shape index (κ1) is 19.0. The van der Waals surface area contributed by atoms with Crippen molar-refractivity contribution in [2.45, 2.75) is 4.90 Å². The van der Waals surface area contributed by atoms with Crippen molar-refractivity contribution in [3.05, 3.63) is 76.4 Å². The van der Waals surface area contributed by atoms with E-state index in [1.165, 1.54) is 23.9 Å². The van der Waals surface area contributed by atoms with Gasteiger partial charge in [0.15, 0.2) is 0 Å². The Labute approximate surface area is 170 Å². The van der Waals surface area contributed by atoms with Crippen LogP contribution in [0.15, 0.2) is 68.8 Å². The topological polar surface area (TPSA) is 99.8 Å². The normalized spacial score (nSPS) is 14.2. The number of rotatable bonds is 5. The number of Topliss-reactive ketones (excluding diaryl/α,β-unsaturated/α-hetero) is 1. The first-order chi connectivity index (χ1) is 14.1. The van der Waals surface area contributed by atoms with Crippen LogP contribution in [-0.2, 0) is 0 Å². The lowest BCUT2D eigenvalue weighted by Gasteiger charge is -2.07. The predicted octanol–water partition coefficient (Wildman–Crippen LogP) is 3.70. The Morgan fingerprint density at radius 2 is 1.97 bits per heavy atom. The minimum Gasteiger partial charge on any atom is -0.507 e. The Balaban J connectivity index is 1.59. The Morgan fingerprint density at radius 1 is 1.14 bits per heavy atom. The summed E-state index contributed by atoms with van der Waals surface area (Å²) < 4.78 is 5.84. The fourth-order valence-corrected chi connectivity index (χ4v) is 4.02. The Bertz CT molecular complexity index is 1130. The van der Waals surface area contributed by atoms with Gasteiger partial charge in [-0.05, 0) is 48.5 Å². The molecule has 1 aromatic heterocycles. The summed E-state index contributed by atoms with van der Waals surface area (Å²) in [6, 6.07) is 15.5. The van der Waals surface area contributed by atoms with E-state index in [0.29, 0.717) is 27.6 Å². The van der Waals surface area contributed by atoms with Crippen molar-refractivity contribution >= 4 is 29.5 Å². The number of amides is 1. The maximum absolute atomic E-state index is 12.5. The van der Waals surface area contributed by atoms with E-state index >= 15 is 0 Å². The van der Waals surface area contributed by atoms with Crippen LogP contribution in [0.2, 0.25) is 0 Å². The number of fused-ring (bicyclic) bond motifs is 1. The highest BCUT2D eigenvalue weighted by molar-refractivity contribution is 8.04. The van der Waals surface area contributed by atoms with Crippen molar-refractivity contribution in [1.82, 2.24) is 5.32 Å². The molecule has 0 bridgehead atoms. The third-order valence-electron chi connectivity index (χ3n) is 4.40. The van der Waals surface area contributed by atoms with E-state index in [1.807, 2.05) is 18.2 Å². The van der Waals surface area contributed by atoms with Gasteiger partial charge in [0, 0.05) is 22.6 Å². The number of carbonyl (C=O) groups excluding carboxylic acids is 2. The molecule has 146 valence electrons. The summed E-state index contributed by atoms with van der Waals surface area (Å²) in [5.74, 6) is 0.335. The summed E-state index contributed by atoms with van der Waals surface area (Å²) in [5, 5.41) is 21.3. The fourth-order valence-electron chi connectivity index (χ4n) is 2.99. The van der Waals surface area contributed by atoms with Crippen LogP contribution in [0.3, 0.4) is 0 Å². The van der Waals surface area contributed by atoms with Crippen molar-refractivity contribution in [2.75, 3.05) is 13.2 Å². The number of furan rings is 1. The largest absolute Gasteiger partial charge is 0.507 e. The first-order valence-electron chi connectivity index (χ1n) is 8.92. The predicted molar refractivity (Wildman–Crippen MR) is 110 cm³/mol. The van der Waals surface area contributed by atoms with Crippen molar-refractivity contribution in [1.29, 1.82) is 0 Å². The SMILES string of the molecule is O=C(NCCO)c1cc(-c2ccc(C=C3Sc4ccccc4C3=O)o2)ccc1O. The van der Waals surface area contributed by atoms with E-state index in [4.69, 9.17) is 9.52 Å². The number of allylic oxidation sites excluding steroid dienone is 1. The molecule has 7 heteroatoms. The van der Waals surface area contributed by atoms with E-state index in [1.54, 1.807) is 30.3 Å². The molecule has 0 unspecified atom stereocenters. The Kier molecular flexibility index (Phi) is 5.24. The molecule has 1 amide bonds. The molecular formula is C22H17NO5S. The Hall–Kier alpha value is -3.29. The number of aromatic hydroxyl groups is 1. The number of carbonyl (C=O) groups is 2. The number of hydrogen-bond donors (Lipinski definition) is 3. The number of nitrogens with one attached hydrogen (secondary N) is 1. The van der Waals surface area contributed by atoms with E-state index < -0.39 is 5.91 Å². The molecule has 2 aromatic carbocycles. The van der Waals surface area contributed by atoms with Gasteiger partial charge in [-0.1, -0.05) is 23.9 Å². The molecule has 2 heterocycles. The standard InChI is InChI=1S/C22H17NO5S/c24-10-9-23-22(27)16-11-13(5-7-17(16)25)18-8-6-14(28-18)12-20-21(26)15-3-1-2-4-19(15)29-20/h1-8,11-12,24-25H,9-10H2,(H,23,27). The van der Waals surface area contributed by atoms with Gasteiger partial charge in [-0.25, -0.2) is 0 Å². The number of hydrogen-bond acceptors (Lipinski definition) is 6. The van der Waals surface area contributed by atoms with E-state index in [2.05, 4.69) is 5.32 Å². The Morgan fingerprint density at radius 3 is 2.76 bits per heavy atom. The lowest BCUT2D eigenvalue weighted by Crippen LogP contribution is -2.26. The molecule has 1 aliphatic heterocycles. The van der Waals surface area contributed by atoms with E-state index in [-0.39, 0.29) is 30.2 Å². The number of ketones is 1. The zero-order valence-electron chi connectivity index (χ0n) is 15.2. The van der Waals surface area contributed by atoms with E-state index in [0.717, 1.165) is 4.90 Å². The van der Waals surface area contributed by atoms with Gasteiger partial charge in [0.25, 0.3) is 5.91 Å². The van der Waals surface area contributed by atoms with E-state index in [9.17, 15) is 14.7 Å². The third kappa shape index (κ3) is 3.83. The number of aliphatic hydroxyl groups is 1. The zero-order valence-corrected chi connectivity index (χ0v) is 16.0. The maximum Gasteiger partial charge on any atom is 0.255 e. The third-order valence-corrected chi connectivity index (χ3v) is 5.50. The molecule has 0 fully saturated rings. The van der Waals surface area contributed by atoms with Crippen molar-refractivity contribution < 1.29 is 24.2 Å². The van der Waals surface area contributed by atoms with Gasteiger partial charge in [0.1, 0.15) is 17.3 Å². The second kappa shape index (κ2) is 7.98. The molecule has 29 heavy (non-hydrogen) atoms. The number of aliphatic hydroxyl groups excluding tert-OH is 1. The first-order valence-corrected chi connectivity index (χ1v) is 9.74.